The summed E-state index contributed by atoms with van der Waals surface area (Å²) in [5, 5.41) is 4.61. The highest BCUT2D eigenvalue weighted by atomic mass is 79.9. The fraction of sp³-hybridized carbons (Fsp3) is 0.389. The van der Waals surface area contributed by atoms with Gasteiger partial charge in [0.2, 0.25) is 0 Å². The van der Waals surface area contributed by atoms with Crippen LogP contribution < -0.4 is 5.46 Å². The quantitative estimate of drug-likeness (QED) is 0.206. The van der Waals surface area contributed by atoms with Crippen molar-refractivity contribution in [1.29, 1.82) is 0 Å². The second-order valence-corrected chi connectivity index (χ2v) is 12.7. The van der Waals surface area contributed by atoms with Crippen molar-refractivity contribution in [3.63, 3.8) is 0 Å². The largest absolute Gasteiger partial charge is 0.495 e. The van der Waals surface area contributed by atoms with E-state index in [0.29, 0.717) is 13.2 Å². The molecular weight excluding hydrogens is 615 g/mol. The van der Waals surface area contributed by atoms with Crippen molar-refractivity contribution < 1.29 is 18.8 Å². The van der Waals surface area contributed by atoms with Crippen molar-refractivity contribution in [2.45, 2.75) is 66.6 Å². The Bertz CT molecular complexity index is 1670. The average Bonchev–Trinajstić information content (AvgIpc) is 3.23. The fourth-order valence-electron chi connectivity index (χ4n) is 5.38. The van der Waals surface area contributed by atoms with Crippen LogP contribution in [0.3, 0.4) is 0 Å². The molecule has 3 aliphatic heterocycles. The van der Waals surface area contributed by atoms with Gasteiger partial charge >= 0.3 is 7.12 Å². The van der Waals surface area contributed by atoms with Gasteiger partial charge in [0.05, 0.1) is 49.0 Å². The van der Waals surface area contributed by atoms with E-state index >= 15 is 0 Å². The Morgan fingerprint density at radius 1 is 0.705 bits per heavy atom. The van der Waals surface area contributed by atoms with Gasteiger partial charge in [0, 0.05) is 22.3 Å². The molecule has 44 heavy (non-hydrogen) atoms. The van der Waals surface area contributed by atoms with Crippen LogP contribution in [-0.2, 0) is 18.8 Å². The van der Waals surface area contributed by atoms with E-state index < -0.39 is 0 Å². The van der Waals surface area contributed by atoms with Crippen LogP contribution in [0.2, 0.25) is 0 Å². The molecule has 0 unspecified atom stereocenters. The van der Waals surface area contributed by atoms with Crippen molar-refractivity contribution in [3.8, 4) is 0 Å². The highest BCUT2D eigenvalue weighted by molar-refractivity contribution is 9.10. The lowest BCUT2D eigenvalue weighted by Crippen LogP contribution is -2.41. The smallest absolute Gasteiger partial charge is 0.399 e. The molecule has 2 aromatic heterocycles. The van der Waals surface area contributed by atoms with Crippen LogP contribution in [0.5, 0.6) is 0 Å². The van der Waals surface area contributed by atoms with Gasteiger partial charge in [-0.15, -0.1) is 0 Å². The van der Waals surface area contributed by atoms with Gasteiger partial charge in [0.15, 0.2) is 0 Å². The third-order valence-electron chi connectivity index (χ3n) is 8.60. The lowest BCUT2D eigenvalue weighted by atomic mass is 9.76. The molecule has 5 heterocycles. The van der Waals surface area contributed by atoms with Crippen LogP contribution in [-0.4, -0.2) is 54.7 Å². The third-order valence-corrected chi connectivity index (χ3v) is 9.29. The number of nitrogens with zero attached hydrogens (tertiary/aromatic N) is 2. The minimum absolute atomic E-state index is 0. The molecule has 2 aromatic carbocycles. The predicted molar refractivity (Wildman–Crippen MR) is 187 cm³/mol. The first kappa shape index (κ1) is 34.0. The second kappa shape index (κ2) is 14.0. The lowest BCUT2D eigenvalue weighted by molar-refractivity contribution is 0.00578. The van der Waals surface area contributed by atoms with Gasteiger partial charge in [-0.1, -0.05) is 73.3 Å². The maximum Gasteiger partial charge on any atom is 0.495 e. The molecule has 8 heteroatoms. The molecule has 3 aliphatic rings. The number of aromatic nitrogens is 2. The van der Waals surface area contributed by atoms with Crippen molar-refractivity contribution in [2.75, 3.05) is 26.4 Å². The Hall–Kier alpha value is -2.88. The van der Waals surface area contributed by atoms with Gasteiger partial charge in [-0.05, 0) is 91.5 Å². The lowest BCUT2D eigenvalue weighted by Gasteiger charge is -2.32. The summed E-state index contributed by atoms with van der Waals surface area (Å²) in [6.45, 7) is 11.2. The summed E-state index contributed by atoms with van der Waals surface area (Å²) in [6, 6.07) is 16.8. The summed E-state index contributed by atoms with van der Waals surface area (Å²) >= 11 is 3.54. The monoisotopic (exact) mass is 658 g/mol. The van der Waals surface area contributed by atoms with Crippen LogP contribution >= 0.6 is 15.9 Å². The van der Waals surface area contributed by atoms with Crippen molar-refractivity contribution in [1.82, 2.24) is 9.97 Å². The summed E-state index contributed by atoms with van der Waals surface area (Å²) < 4.78 is 24.3. The number of ether oxygens (including phenoxy) is 2. The topological polar surface area (TPSA) is 62.7 Å². The molecule has 0 saturated carbocycles. The van der Waals surface area contributed by atoms with Crippen molar-refractivity contribution in [2.24, 2.45) is 0 Å². The molecule has 1 saturated heterocycles. The molecule has 1 fully saturated rings. The summed E-state index contributed by atoms with van der Waals surface area (Å²) in [6.07, 6.45) is 9.99. The third kappa shape index (κ3) is 7.00. The van der Waals surface area contributed by atoms with Gasteiger partial charge in [-0.2, -0.15) is 0 Å². The number of hydrogen-bond acceptors (Lipinski definition) is 6. The molecule has 0 aliphatic carbocycles. The standard InChI is InChI=1S/C20H24BNO3.C14H12BrNO.2CH4/c1-19(2)20(3,4)25-21(24-19)17-7-5-6-15-12-18(22-13-16(15)17)14-8-10-23-11-9-14;15-13-3-1-2-11-8-14(16-9-12(11)13)10-4-6-17-7-5-10;;/h5-8,12-13H,9-11H2,1-4H3;1-4,8-9H,5-7H2;2*1H4. The number of halogens is 1. The first-order valence-electron chi connectivity index (χ1n) is 14.5. The summed E-state index contributed by atoms with van der Waals surface area (Å²) in [5.41, 5.74) is 4.99. The zero-order valence-corrected chi connectivity index (χ0v) is 26.2. The average molecular weight is 659 g/mol. The zero-order valence-electron chi connectivity index (χ0n) is 24.7. The first-order chi connectivity index (χ1) is 20.2. The van der Waals surface area contributed by atoms with Crippen LogP contribution in [0.25, 0.3) is 32.7 Å². The number of rotatable bonds is 3. The Morgan fingerprint density at radius 3 is 1.73 bits per heavy atom. The van der Waals surface area contributed by atoms with Gasteiger partial charge in [-0.3, -0.25) is 9.97 Å². The van der Waals surface area contributed by atoms with E-state index in [4.69, 9.17) is 23.8 Å². The molecule has 0 radical (unpaired) electrons. The number of hydrogen-bond donors (Lipinski definition) is 0. The van der Waals surface area contributed by atoms with E-state index in [1.54, 1.807) is 0 Å². The number of benzene rings is 2. The number of fused-ring (bicyclic) bond motifs is 2. The van der Waals surface area contributed by atoms with Crippen molar-refractivity contribution in [3.05, 3.63) is 88.9 Å². The number of pyridine rings is 2. The normalized spacial score (nSPS) is 18.8. The molecule has 4 aromatic rings. The minimum Gasteiger partial charge on any atom is -0.399 e. The molecule has 0 amide bonds. The molecule has 232 valence electrons. The van der Waals surface area contributed by atoms with E-state index in [0.717, 1.165) is 63.5 Å². The predicted octanol–water partition coefficient (Wildman–Crippen LogP) is 8.41. The maximum absolute atomic E-state index is 6.23. The molecular formula is C36H44BBrN2O4. The van der Waals surface area contributed by atoms with Crippen LogP contribution in [0.1, 0.15) is 66.8 Å². The van der Waals surface area contributed by atoms with Crippen molar-refractivity contribution >= 4 is 61.2 Å². The molecule has 7 rings (SSSR count). The zero-order chi connectivity index (χ0) is 29.3. The Kier molecular flexibility index (Phi) is 10.9. The van der Waals surface area contributed by atoms with Gasteiger partial charge in [-0.25, -0.2) is 0 Å². The fourth-order valence-corrected chi connectivity index (χ4v) is 5.86. The van der Waals surface area contributed by atoms with E-state index in [-0.39, 0.29) is 33.2 Å². The van der Waals surface area contributed by atoms with E-state index in [2.05, 4.69) is 103 Å². The Morgan fingerprint density at radius 2 is 1.20 bits per heavy atom. The van der Waals surface area contributed by atoms with E-state index in [9.17, 15) is 0 Å². The Labute approximate surface area is 271 Å². The van der Waals surface area contributed by atoms with Crippen LogP contribution in [0.4, 0.5) is 0 Å². The van der Waals surface area contributed by atoms with E-state index in [1.807, 2.05) is 18.5 Å². The minimum atomic E-state index is -0.372. The van der Waals surface area contributed by atoms with Gasteiger partial charge in [0.25, 0.3) is 0 Å². The summed E-state index contributed by atoms with van der Waals surface area (Å²) in [5.74, 6) is 0. The summed E-state index contributed by atoms with van der Waals surface area (Å²) in [4.78, 5) is 9.24. The van der Waals surface area contributed by atoms with E-state index in [1.165, 1.54) is 16.5 Å². The van der Waals surface area contributed by atoms with Gasteiger partial charge in [0.1, 0.15) is 0 Å². The molecule has 6 nitrogen and oxygen atoms in total. The molecule has 0 bridgehead atoms. The van der Waals surface area contributed by atoms with Crippen LogP contribution in [0.15, 0.2) is 77.5 Å². The molecule has 0 N–H and O–H groups in total. The highest BCUT2D eigenvalue weighted by Crippen LogP contribution is 2.37. The highest BCUT2D eigenvalue weighted by Gasteiger charge is 2.52. The van der Waals surface area contributed by atoms with Crippen LogP contribution in [0, 0.1) is 0 Å². The molecule has 0 atom stereocenters. The SMILES string of the molecule is Brc1cccc2cc(C3=CCOCC3)ncc12.C.C.CC1(C)OB(c2cccc3cc(C4=CCOCC4)ncc23)OC1(C)C. The molecule has 0 spiro atoms. The first-order valence-corrected chi connectivity index (χ1v) is 15.3. The second-order valence-electron chi connectivity index (χ2n) is 11.9. The van der Waals surface area contributed by atoms with Gasteiger partial charge < -0.3 is 18.8 Å². The Balaban J connectivity index is 0.000000205. The maximum atomic E-state index is 6.23. The summed E-state index contributed by atoms with van der Waals surface area (Å²) in [7, 11) is -0.372.